The van der Waals surface area contributed by atoms with E-state index in [1.54, 1.807) is 4.61 Å². The molecule has 0 aliphatic heterocycles. The van der Waals surface area contributed by atoms with Gasteiger partial charge in [0, 0.05) is 0 Å². The Morgan fingerprint density at radius 1 is 1.86 bits per heavy atom. The fourth-order valence-corrected chi connectivity index (χ4v) is 0.478. The number of rotatable bonds is 3. The lowest BCUT2D eigenvalue weighted by Crippen LogP contribution is -2.08. The third-order valence-electron chi connectivity index (χ3n) is 0.515. The molecule has 42 valence electrons. The standard InChI is InChI=1S/C2H7N2O2P/c5-1-2-6-4-3-7-4/h3,5,7H,1-2H2. The summed E-state index contributed by atoms with van der Waals surface area (Å²) in [5, 5.41) is 8.17. The van der Waals surface area contributed by atoms with Gasteiger partial charge in [0.1, 0.15) is 6.61 Å². The summed E-state index contributed by atoms with van der Waals surface area (Å²) in [4.78, 5) is 7.58. The first-order valence-electron chi connectivity index (χ1n) is 1.98. The monoisotopic (exact) mass is 122 g/mol. The number of H-pyrrole nitrogens is 1. The van der Waals surface area contributed by atoms with E-state index >= 15 is 0 Å². The summed E-state index contributed by atoms with van der Waals surface area (Å²) in [5.41, 5.74) is 0. The van der Waals surface area contributed by atoms with Gasteiger partial charge >= 0.3 is 0 Å². The molecule has 0 bridgehead atoms. The van der Waals surface area contributed by atoms with Crippen molar-refractivity contribution in [2.45, 2.75) is 0 Å². The molecule has 1 heterocycles. The Labute approximate surface area is 42.2 Å². The molecule has 5 heteroatoms. The van der Waals surface area contributed by atoms with Gasteiger partial charge in [0.15, 0.2) is 0 Å². The highest BCUT2D eigenvalue weighted by atomic mass is 31.1. The van der Waals surface area contributed by atoms with E-state index < -0.39 is 0 Å². The molecule has 0 fully saturated rings. The second kappa shape index (κ2) is 2.09. The normalized spacial score (nSPS) is 11.0. The van der Waals surface area contributed by atoms with Crippen molar-refractivity contribution < 1.29 is 9.94 Å². The molecule has 0 aromatic carbocycles. The van der Waals surface area contributed by atoms with E-state index in [4.69, 9.17) is 9.94 Å². The number of nitrogens with zero attached hydrogens (tertiary/aromatic N) is 1. The number of hydrogen-bond acceptors (Lipinski definition) is 2. The van der Waals surface area contributed by atoms with Crippen molar-refractivity contribution in [3.05, 3.63) is 0 Å². The summed E-state index contributed by atoms with van der Waals surface area (Å²) in [6.45, 7) is 0.475. The second-order valence-electron chi connectivity index (χ2n) is 1.07. The third-order valence-corrected chi connectivity index (χ3v) is 1.05. The predicted octanol–water partition coefficient (Wildman–Crippen LogP) is -0.732. The lowest BCUT2D eigenvalue weighted by molar-refractivity contribution is 0.0883. The van der Waals surface area contributed by atoms with Gasteiger partial charge in [-0.05, 0) is 0 Å². The van der Waals surface area contributed by atoms with Crippen LogP contribution in [-0.2, 0) is 0 Å². The number of aromatic nitrogens is 2. The van der Waals surface area contributed by atoms with Crippen molar-refractivity contribution >= 4 is 8.51 Å². The van der Waals surface area contributed by atoms with Gasteiger partial charge in [-0.25, -0.2) is 4.86 Å². The molecule has 0 radical (unpaired) electrons. The molecule has 1 rings (SSSR count). The quantitative estimate of drug-likeness (QED) is 0.555. The van der Waals surface area contributed by atoms with E-state index in [2.05, 4.69) is 4.86 Å². The minimum absolute atomic E-state index is 0.0860. The number of aliphatic hydroxyl groups is 1. The highest BCUT2D eigenvalue weighted by Gasteiger charge is 1.88. The lowest BCUT2D eigenvalue weighted by Gasteiger charge is -1.92. The second-order valence-corrected chi connectivity index (χ2v) is 1.93. The van der Waals surface area contributed by atoms with Gasteiger partial charge in [-0.15, -0.1) is 0 Å². The van der Waals surface area contributed by atoms with E-state index in [9.17, 15) is 0 Å². The largest absolute Gasteiger partial charge is 0.393 e. The predicted molar refractivity (Wildman–Crippen MR) is 26.8 cm³/mol. The molecular weight excluding hydrogens is 115 g/mol. The van der Waals surface area contributed by atoms with Gasteiger partial charge in [-0.2, -0.15) is 0 Å². The third kappa shape index (κ3) is 1.71. The van der Waals surface area contributed by atoms with E-state index in [1.807, 2.05) is 0 Å². The van der Waals surface area contributed by atoms with E-state index in [0.717, 1.165) is 0 Å². The van der Waals surface area contributed by atoms with Crippen LogP contribution in [0.4, 0.5) is 0 Å². The van der Waals surface area contributed by atoms with Crippen molar-refractivity contribution in [2.24, 2.45) is 0 Å². The van der Waals surface area contributed by atoms with Crippen molar-refractivity contribution in [1.82, 2.24) is 9.47 Å². The van der Waals surface area contributed by atoms with E-state index in [0.29, 0.717) is 15.1 Å². The zero-order valence-electron chi connectivity index (χ0n) is 3.72. The molecule has 1 aromatic rings. The highest BCUT2D eigenvalue weighted by molar-refractivity contribution is 7.24. The van der Waals surface area contributed by atoms with Crippen LogP contribution in [0.2, 0.25) is 0 Å². The van der Waals surface area contributed by atoms with Gasteiger partial charge in [0.25, 0.3) is 0 Å². The molecule has 0 aliphatic rings. The molecule has 0 saturated carbocycles. The zero-order valence-corrected chi connectivity index (χ0v) is 4.72. The maximum Gasteiger partial charge on any atom is 0.140 e. The molecule has 4 nitrogen and oxygen atoms in total. The summed E-state index contributed by atoms with van der Waals surface area (Å²) in [7, 11) is 0.584. The smallest absolute Gasteiger partial charge is 0.140 e. The van der Waals surface area contributed by atoms with Gasteiger partial charge in [-0.1, -0.05) is 4.61 Å². The van der Waals surface area contributed by atoms with E-state index in [-0.39, 0.29) is 6.61 Å². The van der Waals surface area contributed by atoms with Crippen LogP contribution in [0.3, 0.4) is 0 Å². The van der Waals surface area contributed by atoms with Crippen LogP contribution in [-0.4, -0.2) is 27.8 Å². The average Bonchev–Trinajstić information content (AvgIpc) is 2.42. The Morgan fingerprint density at radius 2 is 2.57 bits per heavy atom. The van der Waals surface area contributed by atoms with Crippen LogP contribution in [0.25, 0.3) is 0 Å². The highest BCUT2D eigenvalue weighted by Crippen LogP contribution is 1.99. The number of nitrogens with one attached hydrogen (secondary N) is 1. The maximum atomic E-state index is 8.17. The van der Waals surface area contributed by atoms with Gasteiger partial charge in [0.2, 0.25) is 0 Å². The molecule has 7 heavy (non-hydrogen) atoms. The van der Waals surface area contributed by atoms with Crippen LogP contribution in [0.15, 0.2) is 0 Å². The maximum absolute atomic E-state index is 8.17. The summed E-state index contributed by atoms with van der Waals surface area (Å²) >= 11 is 0. The van der Waals surface area contributed by atoms with Crippen molar-refractivity contribution in [1.29, 1.82) is 0 Å². The Hall–Kier alpha value is -0.340. The minimum atomic E-state index is 0.0860. The SMILES string of the molecule is OCCOn1[nH][pH]1. The number of hydrogen-bond donors (Lipinski definition) is 2. The van der Waals surface area contributed by atoms with Crippen LogP contribution >= 0.6 is 8.51 Å². The molecule has 0 saturated heterocycles. The Balaban J connectivity index is 1.94. The zero-order chi connectivity index (χ0) is 5.11. The average molecular weight is 122 g/mol. The molecule has 1 aromatic heterocycles. The first kappa shape index (κ1) is 4.81. The first-order chi connectivity index (χ1) is 3.43. The fourth-order valence-electron chi connectivity index (χ4n) is 0.217. The molecular formula is C2H7N2O2P. The van der Waals surface area contributed by atoms with Crippen LogP contribution in [0, 0.1) is 0 Å². The summed E-state index contributed by atoms with van der Waals surface area (Å²) in [6, 6.07) is 0. The molecule has 2 N–H and O–H groups in total. The number of aromatic amines is 1. The van der Waals surface area contributed by atoms with Crippen LogP contribution < -0.4 is 4.84 Å². The van der Waals surface area contributed by atoms with Crippen LogP contribution in [0.1, 0.15) is 0 Å². The van der Waals surface area contributed by atoms with Crippen molar-refractivity contribution in [3.8, 4) is 0 Å². The minimum Gasteiger partial charge on any atom is -0.393 e. The summed E-state index contributed by atoms with van der Waals surface area (Å²) in [5.74, 6) is 0. The van der Waals surface area contributed by atoms with Crippen LogP contribution in [0.5, 0.6) is 0 Å². The molecule has 0 amide bonds. The van der Waals surface area contributed by atoms with Crippen molar-refractivity contribution in [3.63, 3.8) is 0 Å². The van der Waals surface area contributed by atoms with Gasteiger partial charge in [-0.3, -0.25) is 0 Å². The first-order valence-corrected chi connectivity index (χ1v) is 2.93. The Kier molecular flexibility index (Phi) is 1.44. The van der Waals surface area contributed by atoms with Crippen molar-refractivity contribution in [2.75, 3.05) is 13.2 Å². The summed E-state index contributed by atoms with van der Waals surface area (Å²) in [6.07, 6.45) is 0. The van der Waals surface area contributed by atoms with Gasteiger partial charge < -0.3 is 9.94 Å². The molecule has 0 spiro atoms. The number of aliphatic hydroxyl groups excluding tert-OH is 1. The van der Waals surface area contributed by atoms with Gasteiger partial charge in [0.05, 0.1) is 15.1 Å². The topological polar surface area (TPSA) is 50.2 Å². The molecule has 1 unspecified atom stereocenters. The Morgan fingerprint density at radius 3 is 3.00 bits per heavy atom. The van der Waals surface area contributed by atoms with E-state index in [1.165, 1.54) is 0 Å². The molecule has 1 atom stereocenters. The fraction of sp³-hybridized carbons (Fsp3) is 1.00. The molecule has 0 aliphatic carbocycles. The summed E-state index contributed by atoms with van der Waals surface area (Å²) < 4.78 is 1.58. The Bertz CT molecular complexity index is 103. The lowest BCUT2D eigenvalue weighted by atomic mass is 10.8.